The molecule has 1 aromatic carbocycles. The molecule has 1 aliphatic carbocycles. The number of thiol groups is 1. The Bertz CT molecular complexity index is 931. The maximum Gasteiger partial charge on any atom is 0.241 e. The number of nitrogens with two attached hydrogens (primary N) is 1. The number of carbonyl (C=O) groups excluding carboxylic acids is 2. The summed E-state index contributed by atoms with van der Waals surface area (Å²) in [4.78, 5) is 32.7. The molecule has 0 radical (unpaired) electrons. The van der Waals surface area contributed by atoms with Crippen molar-refractivity contribution in [2.45, 2.75) is 67.2 Å². The summed E-state index contributed by atoms with van der Waals surface area (Å²) in [5, 5.41) is 9.24. The van der Waals surface area contributed by atoms with Gasteiger partial charge in [-0.2, -0.15) is 5.26 Å². The Hall–Kier alpha value is -2.08. The molecule has 30 heavy (non-hydrogen) atoms. The Morgan fingerprint density at radius 3 is 2.93 bits per heavy atom. The lowest BCUT2D eigenvalue weighted by Gasteiger charge is -2.38. The third-order valence-corrected chi connectivity index (χ3v) is 7.53. The van der Waals surface area contributed by atoms with Gasteiger partial charge >= 0.3 is 0 Å². The number of amides is 2. The standard InChI is InChI=1S/C22H27N5O2S/c23-10-14-2-1-7-26(14)21(28)18(24)12-25-11-15-9-20(25)22(29)27(15)19-6-3-13-8-16(30)4-5-17(13)19/h4-5,8,14-15,18-20,30H,1-3,6-7,9,11-12,24H2/t14?,15?,18?,19-,20-/m0/s1. The highest BCUT2D eigenvalue weighted by atomic mass is 32.1. The number of nitrogens with zero attached hydrogens (tertiary/aromatic N) is 4. The zero-order chi connectivity index (χ0) is 21.0. The molecule has 5 atom stereocenters. The number of carbonyl (C=O) groups is 2. The first-order chi connectivity index (χ1) is 14.5. The van der Waals surface area contributed by atoms with E-state index in [2.05, 4.69) is 40.6 Å². The molecule has 3 saturated heterocycles. The smallest absolute Gasteiger partial charge is 0.241 e. The van der Waals surface area contributed by atoms with Crippen molar-refractivity contribution in [3.8, 4) is 6.07 Å². The van der Waals surface area contributed by atoms with Gasteiger partial charge < -0.3 is 15.5 Å². The van der Waals surface area contributed by atoms with Crippen LogP contribution in [0.4, 0.5) is 0 Å². The van der Waals surface area contributed by atoms with E-state index in [0.717, 1.165) is 37.1 Å². The molecule has 5 rings (SSSR count). The summed E-state index contributed by atoms with van der Waals surface area (Å²) in [5.74, 6) is -0.00631. The van der Waals surface area contributed by atoms with E-state index < -0.39 is 6.04 Å². The van der Waals surface area contributed by atoms with Gasteiger partial charge in [-0.15, -0.1) is 12.6 Å². The van der Waals surface area contributed by atoms with Crippen molar-refractivity contribution in [3.05, 3.63) is 29.3 Å². The number of fused-ring (bicyclic) bond motifs is 3. The van der Waals surface area contributed by atoms with Crippen LogP contribution in [0.25, 0.3) is 0 Å². The fourth-order valence-corrected chi connectivity index (χ4v) is 6.11. The highest BCUT2D eigenvalue weighted by Gasteiger charge is 2.53. The molecule has 3 fully saturated rings. The number of likely N-dealkylation sites (tertiary alicyclic amines) is 3. The van der Waals surface area contributed by atoms with E-state index in [4.69, 9.17) is 5.73 Å². The molecule has 158 valence electrons. The van der Waals surface area contributed by atoms with E-state index in [-0.39, 0.29) is 36.0 Å². The first kappa shape index (κ1) is 19.9. The van der Waals surface area contributed by atoms with Gasteiger partial charge in [-0.3, -0.25) is 14.5 Å². The molecule has 2 bridgehead atoms. The van der Waals surface area contributed by atoms with Crippen molar-refractivity contribution >= 4 is 24.4 Å². The second kappa shape index (κ2) is 7.56. The molecule has 4 aliphatic rings. The Morgan fingerprint density at radius 2 is 2.17 bits per heavy atom. The van der Waals surface area contributed by atoms with Gasteiger partial charge in [0.1, 0.15) is 6.04 Å². The first-order valence-corrected chi connectivity index (χ1v) is 11.3. The van der Waals surface area contributed by atoms with Crippen molar-refractivity contribution in [2.24, 2.45) is 5.73 Å². The van der Waals surface area contributed by atoms with Crippen LogP contribution in [0.1, 0.15) is 42.9 Å². The molecule has 1 aromatic rings. The van der Waals surface area contributed by atoms with Gasteiger partial charge in [-0.25, -0.2) is 0 Å². The zero-order valence-corrected chi connectivity index (χ0v) is 17.8. The second-order valence-electron chi connectivity index (χ2n) is 8.97. The van der Waals surface area contributed by atoms with E-state index >= 15 is 0 Å². The van der Waals surface area contributed by atoms with Crippen molar-refractivity contribution in [1.82, 2.24) is 14.7 Å². The quantitative estimate of drug-likeness (QED) is 0.705. The van der Waals surface area contributed by atoms with Crippen LogP contribution in [0.3, 0.4) is 0 Å². The topological polar surface area (TPSA) is 93.7 Å². The summed E-state index contributed by atoms with van der Waals surface area (Å²) in [5.41, 5.74) is 8.78. The van der Waals surface area contributed by atoms with E-state index in [9.17, 15) is 14.9 Å². The molecule has 3 heterocycles. The third kappa shape index (κ3) is 3.11. The van der Waals surface area contributed by atoms with Crippen molar-refractivity contribution in [3.63, 3.8) is 0 Å². The summed E-state index contributed by atoms with van der Waals surface area (Å²) in [6.07, 6.45) is 4.31. The van der Waals surface area contributed by atoms with Gasteiger partial charge in [0.05, 0.1) is 24.2 Å². The van der Waals surface area contributed by atoms with Crippen LogP contribution in [0.5, 0.6) is 0 Å². The van der Waals surface area contributed by atoms with E-state index in [1.54, 1.807) is 4.90 Å². The highest BCUT2D eigenvalue weighted by Crippen LogP contribution is 2.44. The number of nitriles is 1. The number of hydrogen-bond donors (Lipinski definition) is 2. The Balaban J connectivity index is 1.25. The molecule has 3 unspecified atom stereocenters. The summed E-state index contributed by atoms with van der Waals surface area (Å²) in [6.45, 7) is 1.73. The SMILES string of the molecule is N#CC1CCCN1C(=O)C(N)CN1CC2C[C@H]1C(=O)N2[C@H]1CCc2cc(S)ccc21. The molecule has 0 spiro atoms. The number of rotatable bonds is 4. The first-order valence-electron chi connectivity index (χ1n) is 10.8. The predicted octanol–water partition coefficient (Wildman–Crippen LogP) is 1.09. The van der Waals surface area contributed by atoms with Crippen LogP contribution in [0.15, 0.2) is 23.1 Å². The average molecular weight is 426 g/mol. The largest absolute Gasteiger partial charge is 0.330 e. The molecule has 8 heteroatoms. The van der Waals surface area contributed by atoms with Crippen molar-refractivity contribution in [2.75, 3.05) is 19.6 Å². The Kier molecular flexibility index (Phi) is 5.00. The van der Waals surface area contributed by atoms with Crippen LogP contribution in [0, 0.1) is 11.3 Å². The minimum atomic E-state index is -0.694. The molecule has 7 nitrogen and oxygen atoms in total. The zero-order valence-electron chi connectivity index (χ0n) is 16.9. The number of hydrogen-bond acceptors (Lipinski definition) is 6. The van der Waals surface area contributed by atoms with E-state index in [1.165, 1.54) is 11.1 Å². The molecular formula is C22H27N5O2S. The van der Waals surface area contributed by atoms with Gasteiger partial charge in [-0.1, -0.05) is 6.07 Å². The summed E-state index contributed by atoms with van der Waals surface area (Å²) < 4.78 is 0. The minimum Gasteiger partial charge on any atom is -0.330 e. The van der Waals surface area contributed by atoms with Crippen LogP contribution in [-0.2, 0) is 16.0 Å². The van der Waals surface area contributed by atoms with Crippen LogP contribution >= 0.6 is 12.6 Å². The maximum atomic E-state index is 13.2. The molecule has 3 aliphatic heterocycles. The summed E-state index contributed by atoms with van der Waals surface area (Å²) in [7, 11) is 0. The number of piperazine rings is 1. The average Bonchev–Trinajstić information content (AvgIpc) is 3.49. The van der Waals surface area contributed by atoms with Crippen LogP contribution in [0.2, 0.25) is 0 Å². The van der Waals surface area contributed by atoms with Crippen molar-refractivity contribution in [1.29, 1.82) is 5.26 Å². The fraction of sp³-hybridized carbons (Fsp3) is 0.591. The van der Waals surface area contributed by atoms with E-state index in [0.29, 0.717) is 19.5 Å². The van der Waals surface area contributed by atoms with Crippen LogP contribution < -0.4 is 5.73 Å². The maximum absolute atomic E-state index is 13.2. The normalized spacial score (nSPS) is 31.3. The molecular weight excluding hydrogens is 398 g/mol. The molecule has 0 aromatic heterocycles. The predicted molar refractivity (Wildman–Crippen MR) is 114 cm³/mol. The Morgan fingerprint density at radius 1 is 1.33 bits per heavy atom. The lowest BCUT2D eigenvalue weighted by Crippen LogP contribution is -2.56. The lowest BCUT2D eigenvalue weighted by atomic mass is 10.1. The van der Waals surface area contributed by atoms with Gasteiger partial charge in [0.15, 0.2) is 0 Å². The molecule has 0 saturated carbocycles. The van der Waals surface area contributed by atoms with Crippen molar-refractivity contribution < 1.29 is 9.59 Å². The fourth-order valence-electron chi connectivity index (χ4n) is 5.88. The molecule has 2 N–H and O–H groups in total. The highest BCUT2D eigenvalue weighted by molar-refractivity contribution is 7.80. The molecule has 2 amide bonds. The van der Waals surface area contributed by atoms with Gasteiger partial charge in [0, 0.05) is 30.6 Å². The van der Waals surface area contributed by atoms with E-state index in [1.807, 2.05) is 6.07 Å². The summed E-state index contributed by atoms with van der Waals surface area (Å²) >= 11 is 4.44. The summed E-state index contributed by atoms with van der Waals surface area (Å²) in [6, 6.07) is 7.50. The van der Waals surface area contributed by atoms with Crippen LogP contribution in [-0.4, -0.2) is 70.3 Å². The van der Waals surface area contributed by atoms with Gasteiger partial charge in [-0.05, 0) is 55.4 Å². The Labute approximate surface area is 182 Å². The number of aryl methyl sites for hydroxylation is 1. The lowest BCUT2D eigenvalue weighted by molar-refractivity contribution is -0.141. The van der Waals surface area contributed by atoms with Gasteiger partial charge in [0.2, 0.25) is 11.8 Å². The second-order valence-corrected chi connectivity index (χ2v) is 9.48. The minimum absolute atomic E-state index is 0.148. The number of benzene rings is 1. The monoisotopic (exact) mass is 425 g/mol. The van der Waals surface area contributed by atoms with Gasteiger partial charge in [0.25, 0.3) is 0 Å². The third-order valence-electron chi connectivity index (χ3n) is 7.26.